The second-order valence-corrected chi connectivity index (χ2v) is 9.46. The summed E-state index contributed by atoms with van der Waals surface area (Å²) >= 11 is 0. The average Bonchev–Trinajstić information content (AvgIpc) is 3.44. The number of benzene rings is 3. The number of aromatic amines is 1. The van der Waals surface area contributed by atoms with Crippen LogP contribution in [0.3, 0.4) is 0 Å². The number of rotatable bonds is 11. The molecule has 9 heteroatoms. The van der Waals surface area contributed by atoms with Crippen LogP contribution in [0, 0.1) is 0 Å². The van der Waals surface area contributed by atoms with Crippen LogP contribution in [0.25, 0.3) is 33.5 Å². The number of aromatic hydroxyl groups is 1. The van der Waals surface area contributed by atoms with Gasteiger partial charge in [0.1, 0.15) is 23.9 Å². The minimum absolute atomic E-state index is 0.0779. The highest BCUT2D eigenvalue weighted by atomic mass is 16.5. The van der Waals surface area contributed by atoms with Gasteiger partial charge in [-0.2, -0.15) is 0 Å². The monoisotopic (exact) mass is 551 g/mol. The molecule has 0 saturated carbocycles. The molecule has 2 heterocycles. The molecule has 3 aromatic carbocycles. The number of carbonyl (C=O) groups excluding carboxylic acids is 1. The number of amides is 1. The summed E-state index contributed by atoms with van der Waals surface area (Å²) in [4.78, 5) is 27.5. The Balaban J connectivity index is 1.30. The van der Waals surface area contributed by atoms with Crippen LogP contribution in [0.1, 0.15) is 24.2 Å². The van der Waals surface area contributed by atoms with Crippen LogP contribution < -0.4 is 14.8 Å². The van der Waals surface area contributed by atoms with Crippen molar-refractivity contribution in [2.75, 3.05) is 38.7 Å². The van der Waals surface area contributed by atoms with Crippen LogP contribution in [-0.4, -0.2) is 64.2 Å². The average molecular weight is 552 g/mol. The van der Waals surface area contributed by atoms with E-state index < -0.39 is 0 Å². The Hall–Kier alpha value is -4.89. The van der Waals surface area contributed by atoms with Crippen LogP contribution in [0.5, 0.6) is 17.4 Å². The van der Waals surface area contributed by atoms with E-state index in [2.05, 4.69) is 39.0 Å². The quantitative estimate of drug-likeness (QED) is 0.185. The molecule has 0 fully saturated rings. The fraction of sp³-hybridized carbons (Fsp3) is 0.219. The zero-order valence-corrected chi connectivity index (χ0v) is 23.3. The third-order valence-electron chi connectivity index (χ3n) is 6.95. The molecule has 0 aliphatic rings. The number of anilines is 1. The number of H-pyrrole nitrogens is 1. The first-order valence-corrected chi connectivity index (χ1v) is 13.6. The Kier molecular flexibility index (Phi) is 8.45. The first kappa shape index (κ1) is 27.7. The molecule has 1 amide bonds. The number of carbonyl (C=O) groups is 1. The summed E-state index contributed by atoms with van der Waals surface area (Å²) in [5, 5.41) is 13.6. The maximum Gasteiger partial charge on any atom is 0.255 e. The lowest BCUT2D eigenvalue weighted by atomic mass is 10.0. The van der Waals surface area contributed by atoms with Gasteiger partial charge in [0.2, 0.25) is 5.88 Å². The van der Waals surface area contributed by atoms with E-state index in [0.29, 0.717) is 46.2 Å². The number of fused-ring (bicyclic) bond motifs is 1. The fourth-order valence-electron chi connectivity index (χ4n) is 4.62. The highest BCUT2D eigenvalue weighted by molar-refractivity contribution is 6.06. The van der Waals surface area contributed by atoms with Gasteiger partial charge < -0.3 is 29.8 Å². The summed E-state index contributed by atoms with van der Waals surface area (Å²) in [6.45, 7) is 7.74. The van der Waals surface area contributed by atoms with Gasteiger partial charge in [0.05, 0.1) is 23.7 Å². The van der Waals surface area contributed by atoms with E-state index in [-0.39, 0.29) is 11.7 Å². The van der Waals surface area contributed by atoms with Crippen LogP contribution in [0.15, 0.2) is 79.0 Å². The smallest absolute Gasteiger partial charge is 0.255 e. The molecule has 0 radical (unpaired) electrons. The standard InChI is InChI=1S/C32H33N5O4/c1-4-37(5-2)17-18-41-24-12-10-23(11-13-24)34-31(39)22-8-14-27-28(20-22)36-30(35-27)26-19-21(9-15-29(26)38)25-7-6-16-33-32(25)40-3/h6-16,19-20,38H,4-5,17-18H2,1-3H3,(H,34,39)(H,35,36). The highest BCUT2D eigenvalue weighted by Gasteiger charge is 2.15. The van der Waals surface area contributed by atoms with Gasteiger partial charge in [0, 0.05) is 29.6 Å². The van der Waals surface area contributed by atoms with Crippen molar-refractivity contribution in [3.8, 4) is 39.9 Å². The van der Waals surface area contributed by atoms with Crippen LogP contribution in [0.4, 0.5) is 5.69 Å². The number of imidazole rings is 1. The topological polar surface area (TPSA) is 113 Å². The lowest BCUT2D eigenvalue weighted by molar-refractivity contribution is 0.102. The van der Waals surface area contributed by atoms with Gasteiger partial charge in [-0.3, -0.25) is 4.79 Å². The summed E-state index contributed by atoms with van der Waals surface area (Å²) in [6, 6.07) is 21.6. The van der Waals surface area contributed by atoms with Crippen LogP contribution in [-0.2, 0) is 0 Å². The summed E-state index contributed by atoms with van der Waals surface area (Å²) in [5.74, 6) is 1.56. The molecule has 41 heavy (non-hydrogen) atoms. The Morgan fingerprint density at radius 2 is 1.80 bits per heavy atom. The molecule has 3 N–H and O–H groups in total. The molecule has 0 atom stereocenters. The van der Waals surface area contributed by atoms with Crippen molar-refractivity contribution in [2.24, 2.45) is 0 Å². The minimum Gasteiger partial charge on any atom is -0.507 e. The molecule has 0 bridgehead atoms. The Labute approximate surface area is 238 Å². The van der Waals surface area contributed by atoms with E-state index in [1.807, 2.05) is 42.5 Å². The maximum absolute atomic E-state index is 13.0. The zero-order valence-electron chi connectivity index (χ0n) is 23.3. The molecule has 9 nitrogen and oxygen atoms in total. The van der Waals surface area contributed by atoms with Crippen molar-refractivity contribution in [2.45, 2.75) is 13.8 Å². The fourth-order valence-corrected chi connectivity index (χ4v) is 4.62. The van der Waals surface area contributed by atoms with E-state index in [9.17, 15) is 9.90 Å². The maximum atomic E-state index is 13.0. The van der Waals surface area contributed by atoms with Gasteiger partial charge in [-0.05, 0) is 85.4 Å². The molecular weight excluding hydrogens is 518 g/mol. The first-order chi connectivity index (χ1) is 20.0. The van der Waals surface area contributed by atoms with Gasteiger partial charge >= 0.3 is 0 Å². The van der Waals surface area contributed by atoms with Gasteiger partial charge in [-0.1, -0.05) is 19.9 Å². The van der Waals surface area contributed by atoms with E-state index in [4.69, 9.17) is 9.47 Å². The lowest BCUT2D eigenvalue weighted by Crippen LogP contribution is -2.27. The van der Waals surface area contributed by atoms with Gasteiger partial charge in [0.25, 0.3) is 5.91 Å². The number of hydrogen-bond acceptors (Lipinski definition) is 7. The van der Waals surface area contributed by atoms with Gasteiger partial charge in [-0.15, -0.1) is 0 Å². The summed E-state index contributed by atoms with van der Waals surface area (Å²) in [5.41, 5.74) is 4.64. The number of phenolic OH excluding ortho intramolecular Hbond substituents is 1. The van der Waals surface area contributed by atoms with E-state index in [0.717, 1.165) is 36.5 Å². The van der Waals surface area contributed by atoms with Crippen LogP contribution >= 0.6 is 0 Å². The molecule has 210 valence electrons. The molecule has 5 aromatic rings. The normalized spacial score (nSPS) is 11.1. The van der Waals surface area contributed by atoms with Crippen molar-refractivity contribution in [1.29, 1.82) is 0 Å². The molecule has 2 aromatic heterocycles. The molecule has 0 saturated heterocycles. The third kappa shape index (κ3) is 6.31. The lowest BCUT2D eigenvalue weighted by Gasteiger charge is -2.18. The van der Waals surface area contributed by atoms with E-state index >= 15 is 0 Å². The molecular formula is C32H33N5O4. The van der Waals surface area contributed by atoms with Crippen molar-refractivity contribution in [1.82, 2.24) is 19.9 Å². The van der Waals surface area contributed by atoms with Crippen molar-refractivity contribution < 1.29 is 19.4 Å². The zero-order chi connectivity index (χ0) is 28.8. The van der Waals surface area contributed by atoms with E-state index in [1.165, 1.54) is 0 Å². The molecule has 0 aliphatic carbocycles. The van der Waals surface area contributed by atoms with Gasteiger partial charge in [0.15, 0.2) is 0 Å². The number of nitrogens with zero attached hydrogens (tertiary/aromatic N) is 3. The second-order valence-electron chi connectivity index (χ2n) is 9.46. The number of aromatic nitrogens is 3. The van der Waals surface area contributed by atoms with Crippen molar-refractivity contribution in [3.05, 3.63) is 84.6 Å². The van der Waals surface area contributed by atoms with Crippen LogP contribution in [0.2, 0.25) is 0 Å². The van der Waals surface area contributed by atoms with Crippen molar-refractivity contribution in [3.63, 3.8) is 0 Å². The molecule has 5 rings (SSSR count). The summed E-state index contributed by atoms with van der Waals surface area (Å²) in [6.07, 6.45) is 1.66. The number of phenols is 1. The van der Waals surface area contributed by atoms with Crippen molar-refractivity contribution >= 4 is 22.6 Å². The Morgan fingerprint density at radius 3 is 2.56 bits per heavy atom. The number of likely N-dealkylation sites (N-methyl/N-ethyl adjacent to an activating group) is 1. The number of ether oxygens (including phenoxy) is 2. The number of hydrogen-bond donors (Lipinski definition) is 3. The molecule has 0 spiro atoms. The highest BCUT2D eigenvalue weighted by Crippen LogP contribution is 2.35. The Morgan fingerprint density at radius 1 is 1.00 bits per heavy atom. The van der Waals surface area contributed by atoms with Gasteiger partial charge in [-0.25, -0.2) is 9.97 Å². The summed E-state index contributed by atoms with van der Waals surface area (Å²) < 4.78 is 11.2. The largest absolute Gasteiger partial charge is 0.507 e. The number of pyridine rings is 1. The molecule has 0 unspecified atom stereocenters. The van der Waals surface area contributed by atoms with E-state index in [1.54, 1.807) is 43.6 Å². The summed E-state index contributed by atoms with van der Waals surface area (Å²) in [7, 11) is 1.57. The predicted octanol–water partition coefficient (Wildman–Crippen LogP) is 5.98. The Bertz CT molecular complexity index is 1640. The second kappa shape index (κ2) is 12.5. The first-order valence-electron chi connectivity index (χ1n) is 13.6. The molecule has 0 aliphatic heterocycles. The third-order valence-corrected chi connectivity index (χ3v) is 6.95. The minimum atomic E-state index is -0.244. The predicted molar refractivity (Wildman–Crippen MR) is 161 cm³/mol. The SMILES string of the molecule is CCN(CC)CCOc1ccc(NC(=O)c2ccc3nc(-c4cc(-c5cccnc5OC)ccc4O)[nH]c3c2)cc1. The number of nitrogens with one attached hydrogen (secondary N) is 2. The number of methoxy groups -OCH3 is 1.